The van der Waals surface area contributed by atoms with Crippen molar-refractivity contribution in [2.75, 3.05) is 0 Å². The summed E-state index contributed by atoms with van der Waals surface area (Å²) in [7, 11) is -5.86. The predicted molar refractivity (Wildman–Crippen MR) is 6.86 cm³/mol. The fourth-order valence-corrected chi connectivity index (χ4v) is 0. The fraction of sp³-hybridized carbons (Fsp3) is 0. The van der Waals surface area contributed by atoms with Crippen molar-refractivity contribution in [3.05, 3.63) is 0 Å². The molecule has 0 N–H and O–H groups in total. The van der Waals surface area contributed by atoms with E-state index in [2.05, 4.69) is 0 Å². The van der Waals surface area contributed by atoms with E-state index >= 15 is 0 Å². The SMILES string of the molecule is [Li+].[Li+].[Li+].[O-][Si]([O-])([O-])F. The molecule has 0 spiro atoms. The van der Waals surface area contributed by atoms with Crippen LogP contribution >= 0.6 is 0 Å². The van der Waals surface area contributed by atoms with Gasteiger partial charge >= 0.3 is 56.6 Å². The summed E-state index contributed by atoms with van der Waals surface area (Å²) < 4.78 is 10.2. The van der Waals surface area contributed by atoms with Gasteiger partial charge in [0.1, 0.15) is 0 Å². The molecule has 0 heterocycles. The molecule has 0 aliphatic heterocycles. The summed E-state index contributed by atoms with van der Waals surface area (Å²) in [5, 5.41) is 0. The Morgan fingerprint density at radius 2 is 0.875 bits per heavy atom. The van der Waals surface area contributed by atoms with E-state index in [9.17, 15) is 4.11 Å². The van der Waals surface area contributed by atoms with E-state index in [-0.39, 0.29) is 56.6 Å². The summed E-state index contributed by atoms with van der Waals surface area (Å²) in [5.41, 5.74) is 0. The Morgan fingerprint density at radius 1 is 0.875 bits per heavy atom. The average molecular weight is 116 g/mol. The fourth-order valence-electron chi connectivity index (χ4n) is 0. The van der Waals surface area contributed by atoms with Crippen molar-refractivity contribution < 1.29 is 75.1 Å². The third-order valence-corrected chi connectivity index (χ3v) is 0. The minimum Gasteiger partial charge on any atom is -0.857 e. The van der Waals surface area contributed by atoms with Gasteiger partial charge in [0.2, 0.25) is 0 Å². The van der Waals surface area contributed by atoms with Gasteiger partial charge in [-0.1, -0.05) is 9.14 Å². The van der Waals surface area contributed by atoms with E-state index < -0.39 is 9.14 Å². The van der Waals surface area contributed by atoms with E-state index in [1.54, 1.807) is 0 Å². The second-order valence-corrected chi connectivity index (χ2v) is 1.44. The average Bonchev–Trinajstić information content (AvgIpc) is 0.722. The van der Waals surface area contributed by atoms with E-state index in [4.69, 9.17) is 14.4 Å². The van der Waals surface area contributed by atoms with Gasteiger partial charge in [-0.25, -0.2) is 0 Å². The number of hydrogen-bond acceptors (Lipinski definition) is 3. The molecule has 0 aromatic rings. The van der Waals surface area contributed by atoms with Crippen LogP contribution in [0.25, 0.3) is 0 Å². The van der Waals surface area contributed by atoms with Gasteiger partial charge in [0.05, 0.1) is 0 Å². The van der Waals surface area contributed by atoms with E-state index in [0.29, 0.717) is 0 Å². The van der Waals surface area contributed by atoms with Crippen LogP contribution in [0.5, 0.6) is 0 Å². The molecule has 0 bridgehead atoms. The van der Waals surface area contributed by atoms with Gasteiger partial charge < -0.3 is 18.5 Å². The van der Waals surface area contributed by atoms with Gasteiger partial charge in [0.15, 0.2) is 0 Å². The summed E-state index contributed by atoms with van der Waals surface area (Å²) in [4.78, 5) is 25.4. The van der Waals surface area contributed by atoms with Crippen molar-refractivity contribution in [1.82, 2.24) is 0 Å². The molecular weight excluding hydrogens is 116 g/mol. The zero-order chi connectivity index (χ0) is 4.50. The van der Waals surface area contributed by atoms with E-state index in [1.807, 2.05) is 0 Å². The summed E-state index contributed by atoms with van der Waals surface area (Å²) in [6.45, 7) is 0. The van der Waals surface area contributed by atoms with Crippen LogP contribution in [0, 0.1) is 0 Å². The first-order chi connectivity index (χ1) is 2.00. The van der Waals surface area contributed by atoms with Gasteiger partial charge in [-0.15, -0.1) is 0 Å². The van der Waals surface area contributed by atoms with Crippen LogP contribution in [0.3, 0.4) is 0 Å². The van der Waals surface area contributed by atoms with Crippen LogP contribution in [0.4, 0.5) is 4.11 Å². The maximum absolute atomic E-state index is 10.2. The number of hydrogen-bond donors (Lipinski definition) is 0. The van der Waals surface area contributed by atoms with Gasteiger partial charge in [-0.3, -0.25) is 0 Å². The largest absolute Gasteiger partial charge is 1.00 e. The van der Waals surface area contributed by atoms with Crippen molar-refractivity contribution in [3.63, 3.8) is 0 Å². The van der Waals surface area contributed by atoms with E-state index in [1.165, 1.54) is 0 Å². The molecular formula is FLi3O3Si. The molecule has 0 aromatic carbocycles. The molecule has 0 aliphatic carbocycles. The molecule has 0 saturated carbocycles. The molecule has 8 heavy (non-hydrogen) atoms. The Balaban J connectivity index is -0.0000000267. The Hall–Kier alpha value is 1.82. The number of halogens is 1. The van der Waals surface area contributed by atoms with Crippen LogP contribution in [0.15, 0.2) is 0 Å². The summed E-state index contributed by atoms with van der Waals surface area (Å²) in [6.07, 6.45) is 0. The molecule has 0 rings (SSSR count). The third kappa shape index (κ3) is 110. The molecule has 0 saturated heterocycles. The predicted octanol–water partition coefficient (Wildman–Crippen LogP) is -12.5. The molecule has 0 aromatic heterocycles. The van der Waals surface area contributed by atoms with Crippen molar-refractivity contribution in [3.8, 4) is 0 Å². The molecule has 0 amide bonds. The topological polar surface area (TPSA) is 69.2 Å². The first-order valence-electron chi connectivity index (χ1n) is 0.801. The first-order valence-corrected chi connectivity index (χ1v) is 2.40. The second-order valence-electron chi connectivity index (χ2n) is 0.481. The molecule has 0 aliphatic rings. The standard InChI is InChI=1S/FO3Si.3Li/c1-5(2,3)4;;;/q-3;3*+1. The van der Waals surface area contributed by atoms with Gasteiger partial charge in [-0.2, -0.15) is 0 Å². The van der Waals surface area contributed by atoms with Crippen molar-refractivity contribution in [1.29, 1.82) is 0 Å². The Bertz CT molecular complexity index is 30.0. The summed E-state index contributed by atoms with van der Waals surface area (Å²) in [5.74, 6) is 0. The monoisotopic (exact) mass is 116 g/mol. The van der Waals surface area contributed by atoms with Gasteiger partial charge in [-0.05, 0) is 0 Å². The van der Waals surface area contributed by atoms with Crippen LogP contribution in [0.1, 0.15) is 0 Å². The Kier molecular flexibility index (Phi) is 24.9. The molecule has 8 heteroatoms. The second kappa shape index (κ2) is 8.82. The normalized spacial score (nSPS) is 7.50. The third-order valence-electron chi connectivity index (χ3n) is 0. The zero-order valence-electron chi connectivity index (χ0n) is 5.10. The first kappa shape index (κ1) is 22.6. The molecule has 0 radical (unpaired) electrons. The Morgan fingerprint density at radius 3 is 0.875 bits per heavy atom. The van der Waals surface area contributed by atoms with Crippen molar-refractivity contribution in [2.45, 2.75) is 0 Å². The minimum atomic E-state index is -5.86. The van der Waals surface area contributed by atoms with Crippen LogP contribution in [-0.2, 0) is 0 Å². The zero-order valence-corrected chi connectivity index (χ0v) is 6.10. The maximum Gasteiger partial charge on any atom is 1.00 e. The molecule has 0 atom stereocenters. The summed E-state index contributed by atoms with van der Waals surface area (Å²) >= 11 is 0. The summed E-state index contributed by atoms with van der Waals surface area (Å²) in [6, 6.07) is 0. The molecule has 0 unspecified atom stereocenters. The van der Waals surface area contributed by atoms with Crippen molar-refractivity contribution >= 4 is 9.14 Å². The van der Waals surface area contributed by atoms with Crippen molar-refractivity contribution in [2.24, 2.45) is 0 Å². The number of rotatable bonds is 0. The van der Waals surface area contributed by atoms with Crippen LogP contribution in [0.2, 0.25) is 0 Å². The van der Waals surface area contributed by atoms with Gasteiger partial charge in [0, 0.05) is 0 Å². The molecule has 0 fully saturated rings. The molecule has 32 valence electrons. The Labute approximate surface area is 83.7 Å². The van der Waals surface area contributed by atoms with Crippen LogP contribution in [-0.4, -0.2) is 9.14 Å². The minimum absolute atomic E-state index is 0. The smallest absolute Gasteiger partial charge is 0.857 e. The maximum atomic E-state index is 10.2. The quantitative estimate of drug-likeness (QED) is 0.233. The van der Waals surface area contributed by atoms with Gasteiger partial charge in [0.25, 0.3) is 0 Å². The van der Waals surface area contributed by atoms with Crippen LogP contribution < -0.4 is 71.0 Å². The molecule has 3 nitrogen and oxygen atoms in total. The van der Waals surface area contributed by atoms with E-state index in [0.717, 1.165) is 0 Å².